The van der Waals surface area contributed by atoms with Crippen molar-refractivity contribution in [3.63, 3.8) is 0 Å². The van der Waals surface area contributed by atoms with Crippen LogP contribution in [0, 0.1) is 0 Å². The smallest absolute Gasteiger partial charge is 0.248 e. The van der Waals surface area contributed by atoms with Gasteiger partial charge >= 0.3 is 0 Å². The van der Waals surface area contributed by atoms with E-state index in [2.05, 4.69) is 36.1 Å². The molecule has 1 amide bonds. The number of furan rings is 1. The third kappa shape index (κ3) is 4.37. The second kappa shape index (κ2) is 8.59. The molecule has 0 aliphatic carbocycles. The summed E-state index contributed by atoms with van der Waals surface area (Å²) in [7, 11) is 0. The highest BCUT2D eigenvalue weighted by atomic mass is 16.6. The largest absolute Gasteiger partial charge is 0.455 e. The van der Waals surface area contributed by atoms with Crippen LogP contribution in [-0.4, -0.2) is 32.4 Å². The second-order valence-electron chi connectivity index (χ2n) is 6.84. The van der Waals surface area contributed by atoms with Gasteiger partial charge in [-0.05, 0) is 46.7 Å². The Labute approximate surface area is 186 Å². The standard InChI is InChI=1S/C22H16N8O3/c23-18(31)14-6-4-5-13(11-14)17-10-9-16(32-17)12-24-28-20-19(25-15-7-2-1-3-8-15)26-21-22(27-20)30-33-29-21/h1-12H,(H2,23,31)(H,25,26,29)(H,27,28,30). The van der Waals surface area contributed by atoms with E-state index in [0.717, 1.165) is 11.3 Å². The topological polar surface area (TPSA) is 157 Å². The summed E-state index contributed by atoms with van der Waals surface area (Å²) in [5.41, 5.74) is 10.6. The molecule has 11 nitrogen and oxygen atoms in total. The van der Waals surface area contributed by atoms with E-state index in [4.69, 9.17) is 14.8 Å². The van der Waals surface area contributed by atoms with Gasteiger partial charge in [0.05, 0.1) is 6.21 Å². The van der Waals surface area contributed by atoms with Crippen LogP contribution in [0.25, 0.3) is 22.6 Å². The van der Waals surface area contributed by atoms with E-state index in [1.54, 1.807) is 30.3 Å². The molecule has 3 aromatic heterocycles. The summed E-state index contributed by atoms with van der Waals surface area (Å²) in [5, 5.41) is 14.8. The molecule has 0 saturated carbocycles. The Hall–Kier alpha value is -5.06. The fraction of sp³-hybridized carbons (Fsp3) is 0. The van der Waals surface area contributed by atoms with Crippen molar-refractivity contribution in [2.24, 2.45) is 10.8 Å². The average Bonchev–Trinajstić information content (AvgIpc) is 3.49. The normalized spacial score (nSPS) is 11.2. The Morgan fingerprint density at radius 1 is 0.939 bits per heavy atom. The predicted octanol–water partition coefficient (Wildman–Crippen LogP) is 3.56. The summed E-state index contributed by atoms with van der Waals surface area (Å²) in [6.45, 7) is 0. The third-order valence-electron chi connectivity index (χ3n) is 4.57. The summed E-state index contributed by atoms with van der Waals surface area (Å²) < 4.78 is 10.5. The summed E-state index contributed by atoms with van der Waals surface area (Å²) in [6.07, 6.45) is 1.49. The first-order valence-corrected chi connectivity index (χ1v) is 9.77. The minimum atomic E-state index is -0.505. The van der Waals surface area contributed by atoms with Crippen LogP contribution in [0.2, 0.25) is 0 Å². The molecule has 33 heavy (non-hydrogen) atoms. The predicted molar refractivity (Wildman–Crippen MR) is 121 cm³/mol. The zero-order chi connectivity index (χ0) is 22.6. The molecule has 3 heterocycles. The number of nitrogens with zero attached hydrogens (tertiary/aromatic N) is 5. The molecule has 0 atom stereocenters. The third-order valence-corrected chi connectivity index (χ3v) is 4.57. The van der Waals surface area contributed by atoms with Crippen molar-refractivity contribution < 1.29 is 13.8 Å². The molecule has 4 N–H and O–H groups in total. The number of amides is 1. The number of hydrazone groups is 1. The fourth-order valence-electron chi connectivity index (χ4n) is 3.02. The van der Waals surface area contributed by atoms with E-state index in [-0.39, 0.29) is 11.3 Å². The fourth-order valence-corrected chi connectivity index (χ4v) is 3.02. The molecule has 0 unspecified atom stereocenters. The minimum absolute atomic E-state index is 0.237. The van der Waals surface area contributed by atoms with Crippen LogP contribution in [0.1, 0.15) is 16.1 Å². The molecule has 0 bridgehead atoms. The lowest BCUT2D eigenvalue weighted by Crippen LogP contribution is -2.10. The van der Waals surface area contributed by atoms with E-state index in [9.17, 15) is 4.79 Å². The molecule has 162 valence electrons. The number of para-hydroxylation sites is 1. The highest BCUT2D eigenvalue weighted by Crippen LogP contribution is 2.24. The summed E-state index contributed by atoms with van der Waals surface area (Å²) in [6, 6.07) is 19.9. The Bertz CT molecular complexity index is 1460. The lowest BCUT2D eigenvalue weighted by atomic mass is 10.1. The second-order valence-corrected chi connectivity index (χ2v) is 6.84. The van der Waals surface area contributed by atoms with Gasteiger partial charge in [0.15, 0.2) is 11.6 Å². The van der Waals surface area contributed by atoms with Gasteiger partial charge in [-0.25, -0.2) is 9.61 Å². The molecule has 0 radical (unpaired) electrons. The highest BCUT2D eigenvalue weighted by molar-refractivity contribution is 5.94. The van der Waals surface area contributed by atoms with Crippen molar-refractivity contribution in [3.8, 4) is 11.3 Å². The number of rotatable bonds is 7. The van der Waals surface area contributed by atoms with Crippen LogP contribution in [-0.2, 0) is 0 Å². The van der Waals surface area contributed by atoms with Crippen LogP contribution in [0.4, 0.5) is 17.3 Å². The van der Waals surface area contributed by atoms with Gasteiger partial charge in [-0.1, -0.05) is 30.3 Å². The molecule has 0 spiro atoms. The van der Waals surface area contributed by atoms with Crippen molar-refractivity contribution in [2.75, 3.05) is 10.7 Å². The number of nitrogens with two attached hydrogens (primary N) is 1. The van der Waals surface area contributed by atoms with Crippen LogP contribution in [0.15, 0.2) is 80.9 Å². The molecule has 5 rings (SSSR count). The first-order chi connectivity index (χ1) is 16.2. The molecular weight excluding hydrogens is 424 g/mol. The summed E-state index contributed by atoms with van der Waals surface area (Å²) in [5.74, 6) is 1.26. The van der Waals surface area contributed by atoms with Gasteiger partial charge in [-0.3, -0.25) is 10.2 Å². The monoisotopic (exact) mass is 440 g/mol. The van der Waals surface area contributed by atoms with Crippen LogP contribution in [0.5, 0.6) is 0 Å². The van der Waals surface area contributed by atoms with E-state index in [0.29, 0.717) is 28.7 Å². The van der Waals surface area contributed by atoms with Crippen molar-refractivity contribution in [1.29, 1.82) is 0 Å². The van der Waals surface area contributed by atoms with Gasteiger partial charge in [0.25, 0.3) is 0 Å². The number of carbonyl (C=O) groups excluding carboxylic acids is 1. The molecule has 2 aromatic carbocycles. The first-order valence-electron chi connectivity index (χ1n) is 9.77. The molecule has 0 aliphatic rings. The van der Waals surface area contributed by atoms with E-state index in [1.807, 2.05) is 36.4 Å². The van der Waals surface area contributed by atoms with Gasteiger partial charge in [0.1, 0.15) is 11.5 Å². The first kappa shape index (κ1) is 19.9. The Morgan fingerprint density at radius 2 is 1.73 bits per heavy atom. The van der Waals surface area contributed by atoms with Gasteiger partial charge < -0.3 is 15.5 Å². The van der Waals surface area contributed by atoms with Crippen LogP contribution < -0.4 is 16.5 Å². The average molecular weight is 440 g/mol. The van der Waals surface area contributed by atoms with E-state index < -0.39 is 5.91 Å². The van der Waals surface area contributed by atoms with Crippen LogP contribution in [0.3, 0.4) is 0 Å². The number of anilines is 3. The molecule has 0 aliphatic heterocycles. The summed E-state index contributed by atoms with van der Waals surface area (Å²) >= 11 is 0. The van der Waals surface area contributed by atoms with Crippen molar-refractivity contribution >= 4 is 40.7 Å². The van der Waals surface area contributed by atoms with E-state index >= 15 is 0 Å². The Kier molecular flexibility index (Phi) is 5.17. The van der Waals surface area contributed by atoms with Crippen molar-refractivity contribution in [3.05, 3.63) is 78.1 Å². The highest BCUT2D eigenvalue weighted by Gasteiger charge is 2.13. The number of nitrogens with one attached hydrogen (secondary N) is 2. The van der Waals surface area contributed by atoms with Crippen molar-refractivity contribution in [1.82, 2.24) is 20.3 Å². The number of primary amides is 1. The van der Waals surface area contributed by atoms with Gasteiger partial charge in [-0.15, -0.1) is 0 Å². The number of fused-ring (bicyclic) bond motifs is 1. The lowest BCUT2D eigenvalue weighted by molar-refractivity contribution is 0.100. The van der Waals surface area contributed by atoms with Crippen LogP contribution >= 0.6 is 0 Å². The molecule has 5 aromatic rings. The SMILES string of the molecule is NC(=O)c1cccc(-c2ccc(C=NNc3nc4nonc4nc3Nc3ccccc3)o2)c1. The number of hydrogen-bond donors (Lipinski definition) is 3. The summed E-state index contributed by atoms with van der Waals surface area (Å²) in [4.78, 5) is 20.1. The quantitative estimate of drug-likeness (QED) is 0.254. The number of hydrogen-bond acceptors (Lipinski definition) is 10. The number of carbonyl (C=O) groups is 1. The van der Waals surface area contributed by atoms with Gasteiger partial charge in [-0.2, -0.15) is 10.1 Å². The maximum absolute atomic E-state index is 11.4. The zero-order valence-corrected chi connectivity index (χ0v) is 17.0. The zero-order valence-electron chi connectivity index (χ0n) is 17.0. The number of benzene rings is 2. The molecular formula is C22H16N8O3. The number of aromatic nitrogens is 4. The molecule has 0 fully saturated rings. The maximum atomic E-state index is 11.4. The Balaban J connectivity index is 1.36. The van der Waals surface area contributed by atoms with Gasteiger partial charge in [0.2, 0.25) is 17.2 Å². The maximum Gasteiger partial charge on any atom is 0.248 e. The Morgan fingerprint density at radius 3 is 2.52 bits per heavy atom. The molecule has 11 heteroatoms. The molecule has 0 saturated heterocycles. The lowest BCUT2D eigenvalue weighted by Gasteiger charge is -2.08. The minimum Gasteiger partial charge on any atom is -0.455 e. The van der Waals surface area contributed by atoms with Gasteiger partial charge in [0, 0.05) is 16.8 Å². The van der Waals surface area contributed by atoms with Crippen molar-refractivity contribution in [2.45, 2.75) is 0 Å². The van der Waals surface area contributed by atoms with E-state index in [1.165, 1.54) is 6.21 Å².